The lowest BCUT2D eigenvalue weighted by Crippen LogP contribution is -2.36. The minimum Gasteiger partial charge on any atom is -0.464 e. The average Bonchev–Trinajstić information content (AvgIpc) is 3.08. The molecule has 23 heavy (non-hydrogen) atoms. The molecule has 1 aromatic carbocycles. The summed E-state index contributed by atoms with van der Waals surface area (Å²) in [6.45, 7) is 1.01. The molecule has 1 aliphatic rings. The Balaban J connectivity index is 2.38. The topological polar surface area (TPSA) is 102 Å². The molecule has 0 aliphatic carbocycles. The summed E-state index contributed by atoms with van der Waals surface area (Å²) in [6.07, 6.45) is 1.64. The Morgan fingerprint density at radius 3 is 2.35 bits per heavy atom. The lowest BCUT2D eigenvalue weighted by Gasteiger charge is -2.19. The van der Waals surface area contributed by atoms with Crippen LogP contribution in [0.5, 0.6) is 0 Å². The summed E-state index contributed by atoms with van der Waals surface area (Å²) < 4.78 is 4.65. The van der Waals surface area contributed by atoms with E-state index >= 15 is 0 Å². The fourth-order valence-electron chi connectivity index (χ4n) is 2.37. The molecule has 0 bridgehead atoms. The van der Waals surface area contributed by atoms with Crippen LogP contribution in [0.15, 0.2) is 41.8 Å². The number of esters is 1. The van der Waals surface area contributed by atoms with Gasteiger partial charge in [-0.25, -0.2) is 14.9 Å². The van der Waals surface area contributed by atoms with Gasteiger partial charge in [0.2, 0.25) is 5.70 Å². The van der Waals surface area contributed by atoms with E-state index in [4.69, 9.17) is 0 Å². The Hall–Kier alpha value is -2.90. The molecule has 122 valence electrons. The number of carbonyl (C=O) groups excluding carboxylic acids is 2. The van der Waals surface area contributed by atoms with Crippen molar-refractivity contribution >= 4 is 11.9 Å². The zero-order chi connectivity index (χ0) is 16.8. The predicted octanol–water partition coefficient (Wildman–Crippen LogP) is 1.13. The minimum absolute atomic E-state index is 0.223. The highest BCUT2D eigenvalue weighted by atomic mass is 16.6. The van der Waals surface area contributed by atoms with E-state index in [1.807, 2.05) is 0 Å². The van der Waals surface area contributed by atoms with Crippen LogP contribution in [0.2, 0.25) is 0 Å². The van der Waals surface area contributed by atoms with E-state index in [2.05, 4.69) is 10.1 Å². The molecule has 0 radical (unpaired) electrons. The van der Waals surface area contributed by atoms with Crippen molar-refractivity contribution in [1.82, 2.24) is 10.2 Å². The summed E-state index contributed by atoms with van der Waals surface area (Å²) in [5.74, 6) is -2.16. The molecule has 0 saturated carbocycles. The fraction of sp³-hybridized carbons (Fsp3) is 0.333. The van der Waals surface area contributed by atoms with Gasteiger partial charge in [0.15, 0.2) is 0 Å². The van der Waals surface area contributed by atoms with E-state index in [1.54, 1.807) is 23.1 Å². The SMILES string of the molecule is COC(=O)/C(=C(/NC(=O)c1ccccc1)[N+](=O)[O-])N1CCCC1. The molecule has 1 N–H and O–H groups in total. The Labute approximate surface area is 132 Å². The number of hydrogen-bond donors (Lipinski definition) is 1. The Bertz CT molecular complexity index is 636. The van der Waals surface area contributed by atoms with Crippen LogP contribution in [-0.4, -0.2) is 41.9 Å². The Morgan fingerprint density at radius 2 is 1.83 bits per heavy atom. The monoisotopic (exact) mass is 319 g/mol. The van der Waals surface area contributed by atoms with Gasteiger partial charge in [-0.1, -0.05) is 18.2 Å². The van der Waals surface area contributed by atoms with Crippen LogP contribution in [0.3, 0.4) is 0 Å². The van der Waals surface area contributed by atoms with Crippen molar-refractivity contribution in [3.63, 3.8) is 0 Å². The summed E-state index contributed by atoms with van der Waals surface area (Å²) in [5.41, 5.74) is 0.0387. The molecule has 0 aromatic heterocycles. The first-order valence-electron chi connectivity index (χ1n) is 7.13. The first-order valence-corrected chi connectivity index (χ1v) is 7.13. The van der Waals surface area contributed by atoms with Crippen molar-refractivity contribution in [3.8, 4) is 0 Å². The molecule has 1 amide bonds. The van der Waals surface area contributed by atoms with Crippen molar-refractivity contribution in [1.29, 1.82) is 0 Å². The van der Waals surface area contributed by atoms with Gasteiger partial charge in [-0.3, -0.25) is 0 Å². The quantitative estimate of drug-likeness (QED) is 0.378. The van der Waals surface area contributed by atoms with Crippen LogP contribution in [-0.2, 0) is 9.53 Å². The van der Waals surface area contributed by atoms with E-state index in [9.17, 15) is 19.7 Å². The average molecular weight is 319 g/mol. The van der Waals surface area contributed by atoms with Crippen LogP contribution >= 0.6 is 0 Å². The first-order chi connectivity index (χ1) is 11.0. The van der Waals surface area contributed by atoms with Crippen molar-refractivity contribution in [3.05, 3.63) is 57.5 Å². The van der Waals surface area contributed by atoms with Gasteiger partial charge < -0.3 is 19.8 Å². The third kappa shape index (κ3) is 3.85. The molecule has 1 aliphatic heterocycles. The van der Waals surface area contributed by atoms with E-state index in [1.165, 1.54) is 12.1 Å². The number of likely N-dealkylation sites (tertiary alicyclic amines) is 1. The number of nitrogens with one attached hydrogen (secondary N) is 1. The minimum atomic E-state index is -0.841. The molecule has 0 atom stereocenters. The molecule has 0 unspecified atom stereocenters. The van der Waals surface area contributed by atoms with Crippen molar-refractivity contribution < 1.29 is 19.2 Å². The Morgan fingerprint density at radius 1 is 1.22 bits per heavy atom. The molecular weight excluding hydrogens is 302 g/mol. The second-order valence-corrected chi connectivity index (χ2v) is 4.96. The van der Waals surface area contributed by atoms with Gasteiger partial charge in [-0.05, 0) is 29.9 Å². The van der Waals surface area contributed by atoms with Crippen LogP contribution < -0.4 is 5.32 Å². The van der Waals surface area contributed by atoms with Gasteiger partial charge in [0.05, 0.1) is 12.7 Å². The third-order valence-electron chi connectivity index (χ3n) is 3.48. The number of ether oxygens (including phenoxy) is 1. The van der Waals surface area contributed by atoms with Crippen LogP contribution in [0, 0.1) is 10.1 Å². The maximum Gasteiger partial charge on any atom is 0.363 e. The van der Waals surface area contributed by atoms with Crippen molar-refractivity contribution in [2.45, 2.75) is 12.8 Å². The standard InChI is InChI=1S/C15H17N3O5/c1-23-15(20)12(17-9-5-6-10-17)13(18(21)22)16-14(19)11-7-3-2-4-8-11/h2-4,7-8H,5-6,9-10H2,1H3,(H,16,19)/b13-12+. The molecule has 1 saturated heterocycles. The number of methoxy groups -OCH3 is 1. The summed E-state index contributed by atoms with van der Waals surface area (Å²) >= 11 is 0. The van der Waals surface area contributed by atoms with Gasteiger partial charge >= 0.3 is 17.7 Å². The normalized spacial score (nSPS) is 14.9. The van der Waals surface area contributed by atoms with Crippen molar-refractivity contribution in [2.24, 2.45) is 0 Å². The fourth-order valence-corrected chi connectivity index (χ4v) is 2.37. The number of nitrogens with zero attached hydrogens (tertiary/aromatic N) is 2. The predicted molar refractivity (Wildman–Crippen MR) is 80.8 cm³/mol. The van der Waals surface area contributed by atoms with E-state index in [0.717, 1.165) is 20.0 Å². The summed E-state index contributed by atoms with van der Waals surface area (Å²) in [5, 5.41) is 13.6. The molecule has 8 nitrogen and oxygen atoms in total. The lowest BCUT2D eigenvalue weighted by molar-refractivity contribution is -0.432. The second kappa shape index (κ2) is 7.39. The molecule has 1 heterocycles. The number of benzene rings is 1. The highest BCUT2D eigenvalue weighted by Crippen LogP contribution is 2.19. The zero-order valence-electron chi connectivity index (χ0n) is 12.7. The van der Waals surface area contributed by atoms with Gasteiger partial charge in [0, 0.05) is 13.1 Å². The molecule has 8 heteroatoms. The van der Waals surface area contributed by atoms with Gasteiger partial charge in [-0.2, -0.15) is 0 Å². The summed E-state index contributed by atoms with van der Waals surface area (Å²) in [7, 11) is 1.15. The number of amides is 1. The summed E-state index contributed by atoms with van der Waals surface area (Å²) in [4.78, 5) is 36.3. The second-order valence-electron chi connectivity index (χ2n) is 4.96. The van der Waals surface area contributed by atoms with E-state index in [-0.39, 0.29) is 11.3 Å². The van der Waals surface area contributed by atoms with Gasteiger partial charge in [0.25, 0.3) is 0 Å². The smallest absolute Gasteiger partial charge is 0.363 e. The van der Waals surface area contributed by atoms with Crippen LogP contribution in [0.1, 0.15) is 23.2 Å². The van der Waals surface area contributed by atoms with Crippen LogP contribution in [0.25, 0.3) is 0 Å². The molecular formula is C15H17N3O5. The third-order valence-corrected chi connectivity index (χ3v) is 3.48. The Kier molecular flexibility index (Phi) is 5.29. The number of hydrogen-bond acceptors (Lipinski definition) is 6. The number of carbonyl (C=O) groups is 2. The van der Waals surface area contributed by atoms with Crippen molar-refractivity contribution in [2.75, 3.05) is 20.2 Å². The molecule has 2 rings (SSSR count). The molecule has 1 aromatic rings. The summed E-state index contributed by atoms with van der Waals surface area (Å²) in [6, 6.07) is 8.07. The first kappa shape index (κ1) is 16.5. The highest BCUT2D eigenvalue weighted by Gasteiger charge is 2.33. The van der Waals surface area contributed by atoms with E-state index < -0.39 is 22.6 Å². The van der Waals surface area contributed by atoms with Gasteiger partial charge in [0.1, 0.15) is 0 Å². The van der Waals surface area contributed by atoms with E-state index in [0.29, 0.717) is 13.1 Å². The number of rotatable bonds is 5. The molecule has 0 spiro atoms. The van der Waals surface area contributed by atoms with Crippen LogP contribution in [0.4, 0.5) is 0 Å². The lowest BCUT2D eigenvalue weighted by atomic mass is 10.2. The largest absolute Gasteiger partial charge is 0.464 e. The highest BCUT2D eigenvalue weighted by molar-refractivity contribution is 5.96. The zero-order valence-corrected chi connectivity index (χ0v) is 12.7. The van der Waals surface area contributed by atoms with Gasteiger partial charge in [-0.15, -0.1) is 0 Å². The maximum absolute atomic E-state index is 12.2. The molecule has 1 fully saturated rings. The number of nitro groups is 1. The maximum atomic E-state index is 12.2.